The molecule has 7 heteroatoms. The van der Waals surface area contributed by atoms with E-state index in [0.717, 1.165) is 55.4 Å². The first-order valence-electron chi connectivity index (χ1n) is 8.77. The molecule has 0 aromatic carbocycles. The molecule has 2 aromatic rings. The lowest BCUT2D eigenvalue weighted by Crippen LogP contribution is -2.32. The van der Waals surface area contributed by atoms with Gasteiger partial charge in [-0.2, -0.15) is 0 Å². The van der Waals surface area contributed by atoms with E-state index < -0.39 is 0 Å². The lowest BCUT2D eigenvalue weighted by molar-refractivity contribution is 0.0749. The van der Waals surface area contributed by atoms with Crippen molar-refractivity contribution in [1.82, 2.24) is 24.8 Å². The highest BCUT2D eigenvalue weighted by Gasteiger charge is 2.25. The van der Waals surface area contributed by atoms with Gasteiger partial charge in [-0.1, -0.05) is 17.7 Å². The van der Waals surface area contributed by atoms with Crippen LogP contribution >= 0.6 is 11.3 Å². The molecule has 0 radical (unpaired) electrons. The largest absolute Gasteiger partial charge is 0.332 e. The van der Waals surface area contributed by atoms with E-state index in [2.05, 4.69) is 15.2 Å². The Morgan fingerprint density at radius 1 is 1.12 bits per heavy atom. The molecule has 0 aliphatic carbocycles. The maximum atomic E-state index is 12.7. The highest BCUT2D eigenvalue weighted by molar-refractivity contribution is 7.12. The Labute approximate surface area is 146 Å². The van der Waals surface area contributed by atoms with Crippen LogP contribution < -0.4 is 0 Å². The molecule has 24 heavy (non-hydrogen) atoms. The summed E-state index contributed by atoms with van der Waals surface area (Å²) in [6, 6.07) is 3.84. The molecule has 4 heterocycles. The number of thiophene rings is 1. The first kappa shape index (κ1) is 15.8. The smallest absolute Gasteiger partial charge is 0.264 e. The standard InChI is InChI=1S/C17H23N5OS/c23-17(16-6-4-11-24-16)21-9-5-10-22-15(13-21)14(18-19-22)12-20-7-2-1-3-8-20/h4,6,11H,1-3,5,7-10,12-13H2. The number of fused-ring (bicyclic) bond motifs is 1. The van der Waals surface area contributed by atoms with Gasteiger partial charge in [-0.25, -0.2) is 4.68 Å². The predicted octanol–water partition coefficient (Wildman–Crippen LogP) is 2.37. The SMILES string of the molecule is O=C(c1cccs1)N1CCCn2nnc(CN3CCCCC3)c2C1. The van der Waals surface area contributed by atoms with E-state index >= 15 is 0 Å². The molecule has 0 atom stereocenters. The molecule has 1 amide bonds. The van der Waals surface area contributed by atoms with Gasteiger partial charge in [-0.05, 0) is 43.8 Å². The average Bonchev–Trinajstić information content (AvgIpc) is 3.21. The zero-order valence-electron chi connectivity index (χ0n) is 13.9. The Morgan fingerprint density at radius 3 is 2.79 bits per heavy atom. The van der Waals surface area contributed by atoms with Crippen LogP contribution in [0.2, 0.25) is 0 Å². The number of hydrogen-bond acceptors (Lipinski definition) is 5. The maximum absolute atomic E-state index is 12.7. The van der Waals surface area contributed by atoms with Gasteiger partial charge in [0.05, 0.1) is 17.1 Å². The van der Waals surface area contributed by atoms with Crippen LogP contribution in [0.15, 0.2) is 17.5 Å². The molecular formula is C17H23N5OS. The second kappa shape index (κ2) is 7.03. The Kier molecular flexibility index (Phi) is 4.62. The van der Waals surface area contributed by atoms with E-state index in [4.69, 9.17) is 0 Å². The van der Waals surface area contributed by atoms with Crippen molar-refractivity contribution in [3.63, 3.8) is 0 Å². The molecule has 2 aromatic heterocycles. The zero-order valence-corrected chi connectivity index (χ0v) is 14.7. The van der Waals surface area contributed by atoms with Gasteiger partial charge in [0.1, 0.15) is 5.69 Å². The topological polar surface area (TPSA) is 54.3 Å². The first-order chi connectivity index (χ1) is 11.8. The van der Waals surface area contributed by atoms with Gasteiger partial charge < -0.3 is 4.90 Å². The lowest BCUT2D eigenvalue weighted by Gasteiger charge is -2.26. The molecule has 0 spiro atoms. The van der Waals surface area contributed by atoms with Crippen molar-refractivity contribution < 1.29 is 4.79 Å². The third-order valence-corrected chi connectivity index (χ3v) is 5.76. The van der Waals surface area contributed by atoms with Crippen LogP contribution in [0.4, 0.5) is 0 Å². The fraction of sp³-hybridized carbons (Fsp3) is 0.588. The Bertz CT molecular complexity index is 690. The van der Waals surface area contributed by atoms with E-state index in [1.807, 2.05) is 27.1 Å². The second-order valence-corrected chi connectivity index (χ2v) is 7.55. The van der Waals surface area contributed by atoms with E-state index in [0.29, 0.717) is 6.54 Å². The summed E-state index contributed by atoms with van der Waals surface area (Å²) in [6.45, 7) is 5.39. The molecule has 2 aliphatic heterocycles. The fourth-order valence-electron chi connectivity index (χ4n) is 3.57. The molecule has 1 fully saturated rings. The molecule has 0 N–H and O–H groups in total. The van der Waals surface area contributed by atoms with E-state index in [-0.39, 0.29) is 5.91 Å². The van der Waals surface area contributed by atoms with Gasteiger partial charge in [-0.15, -0.1) is 16.4 Å². The van der Waals surface area contributed by atoms with Gasteiger partial charge in [0, 0.05) is 19.6 Å². The van der Waals surface area contributed by atoms with Crippen molar-refractivity contribution in [2.24, 2.45) is 0 Å². The minimum absolute atomic E-state index is 0.128. The minimum atomic E-state index is 0.128. The number of carbonyl (C=O) groups is 1. The summed E-state index contributed by atoms with van der Waals surface area (Å²) >= 11 is 1.51. The summed E-state index contributed by atoms with van der Waals surface area (Å²) < 4.78 is 2.00. The van der Waals surface area contributed by atoms with Crippen LogP contribution in [0.5, 0.6) is 0 Å². The van der Waals surface area contributed by atoms with Gasteiger partial charge in [0.2, 0.25) is 0 Å². The van der Waals surface area contributed by atoms with Crippen LogP contribution in [-0.4, -0.2) is 50.3 Å². The number of likely N-dealkylation sites (tertiary alicyclic amines) is 1. The van der Waals surface area contributed by atoms with Crippen molar-refractivity contribution in [3.8, 4) is 0 Å². The number of hydrogen-bond donors (Lipinski definition) is 0. The van der Waals surface area contributed by atoms with Crippen molar-refractivity contribution in [2.45, 2.75) is 45.3 Å². The number of piperidine rings is 1. The number of carbonyl (C=O) groups excluding carboxylic acids is 1. The molecule has 0 unspecified atom stereocenters. The third kappa shape index (κ3) is 3.23. The van der Waals surface area contributed by atoms with Crippen LogP contribution in [0, 0.1) is 0 Å². The van der Waals surface area contributed by atoms with Crippen molar-refractivity contribution in [3.05, 3.63) is 33.8 Å². The van der Waals surface area contributed by atoms with E-state index in [9.17, 15) is 4.79 Å². The molecule has 6 nitrogen and oxygen atoms in total. The van der Waals surface area contributed by atoms with Gasteiger partial charge in [0.25, 0.3) is 5.91 Å². The molecule has 0 bridgehead atoms. The predicted molar refractivity (Wildman–Crippen MR) is 92.8 cm³/mol. The van der Waals surface area contributed by atoms with E-state index in [1.54, 1.807) is 0 Å². The monoisotopic (exact) mass is 345 g/mol. The molecule has 1 saturated heterocycles. The highest BCUT2D eigenvalue weighted by Crippen LogP contribution is 2.21. The second-order valence-electron chi connectivity index (χ2n) is 6.60. The highest BCUT2D eigenvalue weighted by atomic mass is 32.1. The number of aromatic nitrogens is 3. The Hall–Kier alpha value is -1.73. The number of aryl methyl sites for hydroxylation is 1. The third-order valence-electron chi connectivity index (χ3n) is 4.90. The molecule has 0 saturated carbocycles. The summed E-state index contributed by atoms with van der Waals surface area (Å²) in [6.07, 6.45) is 4.80. The maximum Gasteiger partial charge on any atom is 0.264 e. The number of amides is 1. The molecule has 128 valence electrons. The van der Waals surface area contributed by atoms with Crippen molar-refractivity contribution in [2.75, 3.05) is 19.6 Å². The summed E-state index contributed by atoms with van der Waals surface area (Å²) in [5.74, 6) is 0.128. The number of nitrogens with zero attached hydrogens (tertiary/aromatic N) is 5. The summed E-state index contributed by atoms with van der Waals surface area (Å²) in [5.41, 5.74) is 2.16. The Balaban J connectivity index is 1.52. The normalized spacial score (nSPS) is 19.1. The van der Waals surface area contributed by atoms with Crippen LogP contribution in [0.3, 0.4) is 0 Å². The van der Waals surface area contributed by atoms with Crippen molar-refractivity contribution in [1.29, 1.82) is 0 Å². The van der Waals surface area contributed by atoms with Gasteiger partial charge >= 0.3 is 0 Å². The molecule has 2 aliphatic rings. The van der Waals surface area contributed by atoms with Crippen LogP contribution in [0.1, 0.15) is 46.7 Å². The first-order valence-corrected chi connectivity index (χ1v) is 9.65. The summed E-state index contributed by atoms with van der Waals surface area (Å²) in [5, 5.41) is 10.7. The zero-order chi connectivity index (χ0) is 16.4. The fourth-order valence-corrected chi connectivity index (χ4v) is 4.26. The molecule has 4 rings (SSSR count). The van der Waals surface area contributed by atoms with Gasteiger partial charge in [-0.3, -0.25) is 9.69 Å². The minimum Gasteiger partial charge on any atom is -0.332 e. The Morgan fingerprint density at radius 2 is 2.00 bits per heavy atom. The summed E-state index contributed by atoms with van der Waals surface area (Å²) in [4.78, 5) is 18.0. The van der Waals surface area contributed by atoms with Crippen molar-refractivity contribution >= 4 is 17.2 Å². The van der Waals surface area contributed by atoms with Gasteiger partial charge in [0.15, 0.2) is 0 Å². The summed E-state index contributed by atoms with van der Waals surface area (Å²) in [7, 11) is 0. The lowest BCUT2D eigenvalue weighted by atomic mass is 10.1. The quantitative estimate of drug-likeness (QED) is 0.857. The van der Waals surface area contributed by atoms with Crippen LogP contribution in [-0.2, 0) is 19.6 Å². The average molecular weight is 345 g/mol. The van der Waals surface area contributed by atoms with Crippen LogP contribution in [0.25, 0.3) is 0 Å². The van der Waals surface area contributed by atoms with E-state index in [1.165, 1.54) is 30.6 Å². The molecular weight excluding hydrogens is 322 g/mol. The number of rotatable bonds is 3.